The van der Waals surface area contributed by atoms with Gasteiger partial charge in [-0.3, -0.25) is 0 Å². The van der Waals surface area contributed by atoms with Gasteiger partial charge in [0.25, 0.3) is 0 Å². The molecule has 0 saturated heterocycles. The molecule has 80 valence electrons. The van der Waals surface area contributed by atoms with Crippen LogP contribution in [-0.2, 0) is 6.54 Å². The van der Waals surface area contributed by atoms with Crippen molar-refractivity contribution >= 4 is 22.6 Å². The van der Waals surface area contributed by atoms with E-state index >= 15 is 0 Å². The third-order valence-corrected chi connectivity index (χ3v) is 2.59. The van der Waals surface area contributed by atoms with Gasteiger partial charge in [-0.25, -0.2) is 4.98 Å². The predicted molar refractivity (Wildman–Crippen MR) is 69.8 cm³/mol. The van der Waals surface area contributed by atoms with Crippen molar-refractivity contribution < 1.29 is 4.74 Å². The van der Waals surface area contributed by atoms with E-state index in [9.17, 15) is 0 Å². The predicted octanol–water partition coefficient (Wildman–Crippen LogP) is 2.53. The van der Waals surface area contributed by atoms with Crippen LogP contribution in [0.5, 0.6) is 5.75 Å². The molecule has 1 aromatic heterocycles. The van der Waals surface area contributed by atoms with Gasteiger partial charge in [-0.2, -0.15) is 0 Å². The second kappa shape index (κ2) is 5.56. The zero-order valence-corrected chi connectivity index (χ0v) is 10.6. The van der Waals surface area contributed by atoms with Gasteiger partial charge in [0.1, 0.15) is 11.9 Å². The number of halogens is 1. The van der Waals surface area contributed by atoms with E-state index in [0.29, 0.717) is 6.54 Å². The third-order valence-electron chi connectivity index (χ3n) is 1.88. The lowest BCUT2D eigenvalue weighted by Gasteiger charge is -1.96. The fraction of sp³-hybridized carbons (Fsp3) is 0.0833. The molecule has 1 heterocycles. The first-order chi connectivity index (χ1) is 7.84. The molecule has 0 fully saturated rings. The summed E-state index contributed by atoms with van der Waals surface area (Å²) in [5.74, 6) is 3.66. The van der Waals surface area contributed by atoms with E-state index in [1.165, 1.54) is 3.57 Å². The van der Waals surface area contributed by atoms with Crippen LogP contribution < -0.4 is 4.74 Å². The molecule has 2 rings (SSSR count). The van der Waals surface area contributed by atoms with Crippen molar-refractivity contribution in [2.24, 2.45) is 0 Å². The molecule has 1 aromatic carbocycles. The molecule has 4 heteroatoms. The van der Waals surface area contributed by atoms with E-state index in [1.807, 2.05) is 35.0 Å². The van der Waals surface area contributed by atoms with Gasteiger partial charge in [0.15, 0.2) is 0 Å². The second-order valence-electron chi connectivity index (χ2n) is 3.07. The molecule has 0 aliphatic heterocycles. The van der Waals surface area contributed by atoms with Crippen molar-refractivity contribution in [1.82, 2.24) is 9.55 Å². The minimum atomic E-state index is 0.588. The Bertz CT molecular complexity index is 494. The van der Waals surface area contributed by atoms with Crippen LogP contribution in [0.1, 0.15) is 0 Å². The molecule has 0 bridgehead atoms. The maximum absolute atomic E-state index is 5.26. The molecule has 0 atom stereocenters. The Hall–Kier alpha value is -1.48. The third kappa shape index (κ3) is 3.28. The van der Waals surface area contributed by atoms with Crippen LogP contribution in [0.3, 0.4) is 0 Å². The summed E-state index contributed by atoms with van der Waals surface area (Å²) in [4.78, 5) is 3.92. The van der Waals surface area contributed by atoms with Gasteiger partial charge in [0, 0.05) is 16.0 Å². The Morgan fingerprint density at radius 1 is 1.31 bits per heavy atom. The molecule has 0 spiro atoms. The van der Waals surface area contributed by atoms with Crippen LogP contribution >= 0.6 is 22.6 Å². The van der Waals surface area contributed by atoms with Crippen LogP contribution in [0, 0.1) is 15.6 Å². The molecule has 0 unspecified atom stereocenters. The maximum atomic E-state index is 5.26. The minimum absolute atomic E-state index is 0.588. The Labute approximate surface area is 108 Å². The van der Waals surface area contributed by atoms with Gasteiger partial charge in [-0.05, 0) is 52.8 Å². The van der Waals surface area contributed by atoms with E-state index in [2.05, 4.69) is 39.6 Å². The number of hydrogen-bond donors (Lipinski definition) is 0. The smallest absolute Gasteiger partial charge is 0.140 e. The fourth-order valence-electron chi connectivity index (χ4n) is 1.10. The molecule has 0 amide bonds. The van der Waals surface area contributed by atoms with Crippen molar-refractivity contribution in [3.05, 3.63) is 46.6 Å². The lowest BCUT2D eigenvalue weighted by Crippen LogP contribution is -1.91. The molecule has 0 aliphatic carbocycles. The maximum Gasteiger partial charge on any atom is 0.140 e. The summed E-state index contributed by atoms with van der Waals surface area (Å²) in [5.41, 5.74) is 0. The monoisotopic (exact) mass is 324 g/mol. The Kier molecular flexibility index (Phi) is 3.83. The van der Waals surface area contributed by atoms with Crippen molar-refractivity contribution in [2.45, 2.75) is 6.54 Å². The van der Waals surface area contributed by atoms with Gasteiger partial charge >= 0.3 is 0 Å². The highest BCUT2D eigenvalue weighted by molar-refractivity contribution is 14.1. The molecule has 2 aromatic rings. The molecule has 0 aliphatic rings. The van der Waals surface area contributed by atoms with Crippen LogP contribution in [0.25, 0.3) is 0 Å². The quantitative estimate of drug-likeness (QED) is 0.627. The largest absolute Gasteiger partial charge is 0.408 e. The molecule has 16 heavy (non-hydrogen) atoms. The Morgan fingerprint density at radius 2 is 2.12 bits per heavy atom. The summed E-state index contributed by atoms with van der Waals surface area (Å²) in [6.07, 6.45) is 7.96. The van der Waals surface area contributed by atoms with Crippen molar-refractivity contribution in [3.63, 3.8) is 0 Å². The van der Waals surface area contributed by atoms with Crippen molar-refractivity contribution in [1.29, 1.82) is 0 Å². The Morgan fingerprint density at radius 3 is 2.81 bits per heavy atom. The van der Waals surface area contributed by atoms with E-state index in [0.717, 1.165) is 5.75 Å². The van der Waals surface area contributed by atoms with Crippen LogP contribution in [-0.4, -0.2) is 9.55 Å². The highest BCUT2D eigenvalue weighted by atomic mass is 127. The molecule has 0 N–H and O–H groups in total. The second-order valence-corrected chi connectivity index (χ2v) is 4.32. The Balaban J connectivity index is 1.88. The first-order valence-electron chi connectivity index (χ1n) is 4.70. The first kappa shape index (κ1) is 11.0. The van der Waals surface area contributed by atoms with Gasteiger partial charge in [0.05, 0.1) is 12.9 Å². The van der Waals surface area contributed by atoms with E-state index in [4.69, 9.17) is 4.74 Å². The van der Waals surface area contributed by atoms with Gasteiger partial charge in [0.2, 0.25) is 0 Å². The summed E-state index contributed by atoms with van der Waals surface area (Å²) in [6.45, 7) is 0.588. The zero-order valence-electron chi connectivity index (χ0n) is 8.43. The van der Waals surface area contributed by atoms with Gasteiger partial charge in [-0.15, -0.1) is 0 Å². The molecular weight excluding hydrogens is 315 g/mol. The summed E-state index contributed by atoms with van der Waals surface area (Å²) < 4.78 is 8.32. The first-order valence-corrected chi connectivity index (χ1v) is 5.78. The lowest BCUT2D eigenvalue weighted by molar-refractivity contribution is 0.518. The minimum Gasteiger partial charge on any atom is -0.408 e. The van der Waals surface area contributed by atoms with Gasteiger partial charge < -0.3 is 9.30 Å². The van der Waals surface area contributed by atoms with Crippen LogP contribution in [0.15, 0.2) is 43.0 Å². The van der Waals surface area contributed by atoms with Gasteiger partial charge in [-0.1, -0.05) is 0 Å². The fourth-order valence-corrected chi connectivity index (χ4v) is 1.46. The summed E-state index contributed by atoms with van der Waals surface area (Å²) in [5, 5.41) is 0. The topological polar surface area (TPSA) is 27.1 Å². The van der Waals surface area contributed by atoms with Crippen LogP contribution in [0.4, 0.5) is 0 Å². The number of hydrogen-bond acceptors (Lipinski definition) is 2. The molecule has 0 radical (unpaired) electrons. The van der Waals surface area contributed by atoms with Crippen molar-refractivity contribution in [2.75, 3.05) is 0 Å². The molecule has 0 saturated carbocycles. The highest BCUT2D eigenvalue weighted by Gasteiger charge is 1.90. The average Bonchev–Trinajstić information content (AvgIpc) is 2.80. The number of nitrogens with zero attached hydrogens (tertiary/aromatic N) is 2. The summed E-state index contributed by atoms with van der Waals surface area (Å²) in [7, 11) is 0. The highest BCUT2D eigenvalue weighted by Crippen LogP contribution is 2.12. The number of aromatic nitrogens is 2. The van der Waals surface area contributed by atoms with E-state index in [1.54, 1.807) is 12.5 Å². The number of rotatable bonds is 2. The number of imidazole rings is 1. The number of ether oxygens (including phenoxy) is 1. The molecule has 3 nitrogen and oxygen atoms in total. The lowest BCUT2D eigenvalue weighted by atomic mass is 10.3. The van der Waals surface area contributed by atoms with E-state index < -0.39 is 0 Å². The normalized spacial score (nSPS) is 9.31. The molecular formula is C12H9IN2O. The summed E-state index contributed by atoms with van der Waals surface area (Å²) in [6, 6.07) is 7.75. The summed E-state index contributed by atoms with van der Waals surface area (Å²) >= 11 is 2.25. The average molecular weight is 324 g/mol. The van der Waals surface area contributed by atoms with Crippen molar-refractivity contribution in [3.8, 4) is 17.8 Å². The standard InChI is InChI=1S/C12H9IN2O/c13-11-2-4-12(5-3-11)16-9-1-7-15-8-6-14-10-15/h2-6,8,10H,7H2. The SMILES string of the molecule is Ic1ccc(OC#CCn2ccnc2)cc1. The number of benzene rings is 1. The van der Waals surface area contributed by atoms with Crippen LogP contribution in [0.2, 0.25) is 0 Å². The zero-order chi connectivity index (χ0) is 11.2. The van der Waals surface area contributed by atoms with E-state index in [-0.39, 0.29) is 0 Å².